The Bertz CT molecular complexity index is 823. The van der Waals surface area contributed by atoms with Gasteiger partial charge in [0, 0.05) is 24.6 Å². The van der Waals surface area contributed by atoms with Gasteiger partial charge in [-0.2, -0.15) is 0 Å². The third-order valence-corrected chi connectivity index (χ3v) is 5.77. The number of carbonyl (C=O) groups is 1. The molecule has 3 rings (SSSR count). The van der Waals surface area contributed by atoms with Crippen LogP contribution in [-0.2, 0) is 22.4 Å². The number of ether oxygens (including phenoxy) is 2. The van der Waals surface area contributed by atoms with Crippen LogP contribution in [0.15, 0.2) is 42.5 Å². The average Bonchev–Trinajstić information content (AvgIpc) is 3.12. The number of amides is 1. The van der Waals surface area contributed by atoms with E-state index >= 15 is 0 Å². The predicted molar refractivity (Wildman–Crippen MR) is 112 cm³/mol. The summed E-state index contributed by atoms with van der Waals surface area (Å²) in [5.74, 6) is 0.697. The molecule has 0 aliphatic heterocycles. The van der Waals surface area contributed by atoms with Crippen LogP contribution in [0.3, 0.4) is 0 Å². The van der Waals surface area contributed by atoms with Crippen molar-refractivity contribution in [3.63, 3.8) is 0 Å². The first-order valence-corrected chi connectivity index (χ1v) is 10.2. The van der Waals surface area contributed by atoms with E-state index in [-0.39, 0.29) is 24.7 Å². The van der Waals surface area contributed by atoms with Gasteiger partial charge in [-0.3, -0.25) is 4.79 Å². The molecule has 0 aromatic heterocycles. The minimum Gasteiger partial charge on any atom is -0.468 e. The Kier molecular flexibility index (Phi) is 6.97. The molecular weight excluding hydrogens is 374 g/mol. The lowest BCUT2D eigenvalue weighted by Crippen LogP contribution is -2.38. The fourth-order valence-electron chi connectivity index (χ4n) is 4.00. The zero-order chi connectivity index (χ0) is 20.1. The van der Waals surface area contributed by atoms with Gasteiger partial charge in [-0.1, -0.05) is 48.9 Å². The SMILES string of the molecule is CCN(C(=O)C(C)Cc1ccc(OCOC)cc1Cl)C1CCc2ccccc21. The van der Waals surface area contributed by atoms with Gasteiger partial charge in [0.2, 0.25) is 5.91 Å². The molecule has 0 fully saturated rings. The average molecular weight is 402 g/mol. The monoisotopic (exact) mass is 401 g/mol. The van der Waals surface area contributed by atoms with E-state index in [1.807, 2.05) is 24.0 Å². The first kappa shape index (κ1) is 20.7. The van der Waals surface area contributed by atoms with Gasteiger partial charge < -0.3 is 14.4 Å². The van der Waals surface area contributed by atoms with Crippen molar-refractivity contribution in [2.45, 2.75) is 39.2 Å². The van der Waals surface area contributed by atoms with E-state index in [1.165, 1.54) is 11.1 Å². The molecule has 0 spiro atoms. The first-order chi connectivity index (χ1) is 13.5. The number of rotatable bonds is 8. The van der Waals surface area contributed by atoms with Crippen molar-refractivity contribution in [3.05, 3.63) is 64.2 Å². The van der Waals surface area contributed by atoms with E-state index < -0.39 is 0 Å². The molecule has 1 amide bonds. The first-order valence-electron chi connectivity index (χ1n) is 9.83. The maximum atomic E-state index is 13.2. The fourth-order valence-corrected chi connectivity index (χ4v) is 4.25. The van der Waals surface area contributed by atoms with Crippen molar-refractivity contribution in [1.82, 2.24) is 4.90 Å². The number of hydrogen-bond donors (Lipinski definition) is 0. The zero-order valence-electron chi connectivity index (χ0n) is 16.8. The summed E-state index contributed by atoms with van der Waals surface area (Å²) in [6.45, 7) is 4.93. The minimum absolute atomic E-state index is 0.143. The summed E-state index contributed by atoms with van der Waals surface area (Å²) in [7, 11) is 1.57. The molecule has 2 aromatic rings. The second-order valence-electron chi connectivity index (χ2n) is 7.29. The van der Waals surface area contributed by atoms with Crippen molar-refractivity contribution in [3.8, 4) is 5.75 Å². The smallest absolute Gasteiger partial charge is 0.226 e. The Morgan fingerprint density at radius 1 is 1.29 bits per heavy atom. The lowest BCUT2D eigenvalue weighted by atomic mass is 9.97. The zero-order valence-corrected chi connectivity index (χ0v) is 17.5. The summed E-state index contributed by atoms with van der Waals surface area (Å²) in [6, 6.07) is 14.2. The molecular formula is C23H28ClNO3. The second kappa shape index (κ2) is 9.44. The molecule has 150 valence electrons. The summed E-state index contributed by atoms with van der Waals surface area (Å²) in [5.41, 5.74) is 3.61. The molecule has 1 aliphatic carbocycles. The van der Waals surface area contributed by atoms with Crippen LogP contribution in [0.4, 0.5) is 0 Å². The molecule has 2 aromatic carbocycles. The van der Waals surface area contributed by atoms with Gasteiger partial charge in [0.25, 0.3) is 0 Å². The molecule has 0 heterocycles. The summed E-state index contributed by atoms with van der Waals surface area (Å²) >= 11 is 6.42. The fraction of sp³-hybridized carbons (Fsp3) is 0.435. The minimum atomic E-state index is -0.143. The maximum absolute atomic E-state index is 13.2. The van der Waals surface area contributed by atoms with E-state index in [9.17, 15) is 4.79 Å². The van der Waals surface area contributed by atoms with Gasteiger partial charge in [0.1, 0.15) is 5.75 Å². The van der Waals surface area contributed by atoms with E-state index in [1.54, 1.807) is 13.2 Å². The summed E-state index contributed by atoms with van der Waals surface area (Å²) in [6.07, 6.45) is 2.64. The highest BCUT2D eigenvalue weighted by molar-refractivity contribution is 6.31. The molecule has 2 atom stereocenters. The van der Waals surface area contributed by atoms with E-state index in [0.29, 0.717) is 23.7 Å². The van der Waals surface area contributed by atoms with Crippen molar-refractivity contribution in [1.29, 1.82) is 0 Å². The van der Waals surface area contributed by atoms with Gasteiger partial charge >= 0.3 is 0 Å². The highest BCUT2D eigenvalue weighted by Gasteiger charge is 2.32. The molecule has 0 N–H and O–H groups in total. The number of carbonyl (C=O) groups excluding carboxylic acids is 1. The standard InChI is InChI=1S/C23H28ClNO3/c1-4-25(22-12-10-17-7-5-6-8-20(17)22)23(26)16(2)13-18-9-11-19(14-21(18)24)28-15-27-3/h5-9,11,14,16,22H,4,10,12-13,15H2,1-3H3. The molecule has 5 heteroatoms. The second-order valence-corrected chi connectivity index (χ2v) is 7.69. The van der Waals surface area contributed by atoms with Gasteiger partial charge in [0.05, 0.1) is 6.04 Å². The van der Waals surface area contributed by atoms with Crippen LogP contribution in [0.1, 0.15) is 43.0 Å². The summed E-state index contributed by atoms with van der Waals surface area (Å²) < 4.78 is 10.3. The highest BCUT2D eigenvalue weighted by Crippen LogP contribution is 2.36. The number of benzene rings is 2. The molecule has 4 nitrogen and oxygen atoms in total. The largest absolute Gasteiger partial charge is 0.468 e. The lowest BCUT2D eigenvalue weighted by molar-refractivity contribution is -0.137. The third kappa shape index (κ3) is 4.50. The maximum Gasteiger partial charge on any atom is 0.226 e. The van der Waals surface area contributed by atoms with E-state index in [4.69, 9.17) is 21.1 Å². The van der Waals surface area contributed by atoms with Crippen molar-refractivity contribution >= 4 is 17.5 Å². The molecule has 0 saturated heterocycles. The van der Waals surface area contributed by atoms with E-state index in [2.05, 4.69) is 31.2 Å². The number of aryl methyl sites for hydroxylation is 1. The van der Waals surface area contributed by atoms with Crippen LogP contribution >= 0.6 is 11.6 Å². The Labute approximate surface area is 172 Å². The topological polar surface area (TPSA) is 38.8 Å². The number of halogens is 1. The van der Waals surface area contributed by atoms with Crippen LogP contribution in [0.2, 0.25) is 5.02 Å². The van der Waals surface area contributed by atoms with Crippen molar-refractivity contribution < 1.29 is 14.3 Å². The quantitative estimate of drug-likeness (QED) is 0.582. The Morgan fingerprint density at radius 2 is 2.07 bits per heavy atom. The van der Waals surface area contributed by atoms with Crippen LogP contribution in [0.25, 0.3) is 0 Å². The van der Waals surface area contributed by atoms with Crippen LogP contribution in [0, 0.1) is 5.92 Å². The Balaban J connectivity index is 1.70. The molecule has 0 saturated carbocycles. The molecule has 0 bridgehead atoms. The summed E-state index contributed by atoms with van der Waals surface area (Å²) in [4.78, 5) is 15.3. The van der Waals surface area contributed by atoms with Gasteiger partial charge in [-0.15, -0.1) is 0 Å². The molecule has 28 heavy (non-hydrogen) atoms. The van der Waals surface area contributed by atoms with Crippen LogP contribution in [0.5, 0.6) is 5.75 Å². The molecule has 2 unspecified atom stereocenters. The van der Waals surface area contributed by atoms with Gasteiger partial charge in [-0.05, 0) is 55.0 Å². The van der Waals surface area contributed by atoms with Gasteiger partial charge in [-0.25, -0.2) is 0 Å². The number of hydrogen-bond acceptors (Lipinski definition) is 3. The van der Waals surface area contributed by atoms with Crippen LogP contribution in [-0.4, -0.2) is 31.3 Å². The molecule has 0 radical (unpaired) electrons. The third-order valence-electron chi connectivity index (χ3n) is 5.42. The number of nitrogens with zero attached hydrogens (tertiary/aromatic N) is 1. The van der Waals surface area contributed by atoms with Crippen LogP contribution < -0.4 is 4.74 Å². The summed E-state index contributed by atoms with van der Waals surface area (Å²) in [5, 5.41) is 0.613. The van der Waals surface area contributed by atoms with Gasteiger partial charge in [0.15, 0.2) is 6.79 Å². The molecule has 1 aliphatic rings. The highest BCUT2D eigenvalue weighted by atomic mass is 35.5. The Morgan fingerprint density at radius 3 is 2.79 bits per heavy atom. The Hall–Kier alpha value is -2.04. The normalized spacial score (nSPS) is 16.5. The van der Waals surface area contributed by atoms with Crippen molar-refractivity contribution in [2.75, 3.05) is 20.4 Å². The lowest BCUT2D eigenvalue weighted by Gasteiger charge is -2.31. The number of fused-ring (bicyclic) bond motifs is 1. The van der Waals surface area contributed by atoms with E-state index in [0.717, 1.165) is 18.4 Å². The predicted octanol–water partition coefficient (Wildman–Crippen LogP) is 5.04. The number of methoxy groups -OCH3 is 1. The van der Waals surface area contributed by atoms with Crippen molar-refractivity contribution in [2.24, 2.45) is 5.92 Å².